The largest absolute Gasteiger partial charge is 0.389 e. The van der Waals surface area contributed by atoms with Gasteiger partial charge in [-0.1, -0.05) is 43.7 Å². The van der Waals surface area contributed by atoms with Gasteiger partial charge in [-0.05, 0) is 32.8 Å². The molecule has 112 valence electrons. The Bertz CT molecular complexity index is 409. The number of benzene rings is 1. The summed E-state index contributed by atoms with van der Waals surface area (Å²) in [6, 6.07) is 9.92. The molecule has 0 spiro atoms. The minimum atomic E-state index is -0.862. The first kappa shape index (κ1) is 16.7. The fourth-order valence-corrected chi connectivity index (χ4v) is 2.44. The second kappa shape index (κ2) is 7.44. The zero-order chi connectivity index (χ0) is 15.2. The number of likely N-dealkylation sites (N-methyl/N-ethyl adjacent to an activating group) is 1. The maximum Gasteiger partial charge on any atom is 0.230 e. The lowest BCUT2D eigenvalue weighted by molar-refractivity contribution is -0.135. The molecule has 0 fully saturated rings. The number of amides is 1. The normalized spacial score (nSPS) is 13.1. The fraction of sp³-hybridized carbons (Fsp3) is 0.588. The van der Waals surface area contributed by atoms with E-state index in [-0.39, 0.29) is 11.8 Å². The lowest BCUT2D eigenvalue weighted by Crippen LogP contribution is -2.44. The van der Waals surface area contributed by atoms with Crippen molar-refractivity contribution in [1.82, 2.24) is 4.90 Å². The average molecular weight is 277 g/mol. The van der Waals surface area contributed by atoms with Gasteiger partial charge < -0.3 is 10.0 Å². The minimum absolute atomic E-state index is 0.108. The average Bonchev–Trinajstić information content (AvgIpc) is 2.41. The van der Waals surface area contributed by atoms with Gasteiger partial charge in [0, 0.05) is 13.1 Å². The van der Waals surface area contributed by atoms with E-state index >= 15 is 0 Å². The van der Waals surface area contributed by atoms with Crippen molar-refractivity contribution in [2.75, 3.05) is 13.1 Å². The second-order valence-corrected chi connectivity index (χ2v) is 5.92. The predicted octanol–water partition coefficient (Wildman–Crippen LogP) is 3.19. The Morgan fingerprint density at radius 3 is 2.30 bits per heavy atom. The molecule has 0 radical (unpaired) electrons. The molecule has 1 amide bonds. The van der Waals surface area contributed by atoms with E-state index in [2.05, 4.69) is 6.92 Å². The van der Waals surface area contributed by atoms with Crippen LogP contribution in [0.15, 0.2) is 30.3 Å². The van der Waals surface area contributed by atoms with Gasteiger partial charge in [0.2, 0.25) is 5.91 Å². The lowest BCUT2D eigenvalue weighted by Gasteiger charge is -2.31. The molecule has 1 aromatic rings. The molecular formula is C17H27NO2. The van der Waals surface area contributed by atoms with E-state index in [0.29, 0.717) is 13.1 Å². The van der Waals surface area contributed by atoms with E-state index in [1.54, 1.807) is 18.7 Å². The maximum atomic E-state index is 12.8. The highest BCUT2D eigenvalue weighted by molar-refractivity contribution is 5.83. The standard InChI is InChI=1S/C17H27NO2/c1-5-10-15(14-11-8-7-9-12-14)16(19)18(6-2)13-17(3,4)20/h7-9,11-12,15,20H,5-6,10,13H2,1-4H3. The molecule has 0 bridgehead atoms. The van der Waals surface area contributed by atoms with Gasteiger partial charge >= 0.3 is 0 Å². The first-order chi connectivity index (χ1) is 9.39. The molecule has 0 aliphatic rings. The molecule has 3 heteroatoms. The van der Waals surface area contributed by atoms with Crippen molar-refractivity contribution in [3.63, 3.8) is 0 Å². The van der Waals surface area contributed by atoms with Crippen molar-refractivity contribution < 1.29 is 9.90 Å². The number of carbonyl (C=O) groups excluding carboxylic acids is 1. The smallest absolute Gasteiger partial charge is 0.230 e. The van der Waals surface area contributed by atoms with Gasteiger partial charge in [0.1, 0.15) is 0 Å². The molecule has 1 unspecified atom stereocenters. The quantitative estimate of drug-likeness (QED) is 0.831. The number of aliphatic hydroxyl groups is 1. The van der Waals surface area contributed by atoms with Gasteiger partial charge in [0.15, 0.2) is 0 Å². The molecule has 1 aromatic carbocycles. The zero-order valence-corrected chi connectivity index (χ0v) is 13.1. The summed E-state index contributed by atoms with van der Waals surface area (Å²) in [5, 5.41) is 9.96. The Hall–Kier alpha value is -1.35. The fourth-order valence-electron chi connectivity index (χ4n) is 2.44. The van der Waals surface area contributed by atoms with Crippen molar-refractivity contribution in [1.29, 1.82) is 0 Å². The van der Waals surface area contributed by atoms with Crippen molar-refractivity contribution in [2.45, 2.75) is 52.1 Å². The molecule has 0 aromatic heterocycles. The van der Waals surface area contributed by atoms with Gasteiger partial charge in [0.05, 0.1) is 11.5 Å². The molecule has 1 rings (SSSR count). The zero-order valence-electron chi connectivity index (χ0n) is 13.1. The van der Waals surface area contributed by atoms with Gasteiger partial charge in [-0.2, -0.15) is 0 Å². The molecule has 1 N–H and O–H groups in total. The Balaban J connectivity index is 2.93. The highest BCUT2D eigenvalue weighted by Gasteiger charge is 2.27. The Morgan fingerprint density at radius 1 is 1.25 bits per heavy atom. The van der Waals surface area contributed by atoms with Crippen LogP contribution in [0.4, 0.5) is 0 Å². The first-order valence-corrected chi connectivity index (χ1v) is 7.45. The number of hydrogen-bond acceptors (Lipinski definition) is 2. The molecule has 0 aliphatic heterocycles. The lowest BCUT2D eigenvalue weighted by atomic mass is 9.92. The van der Waals surface area contributed by atoms with Crippen molar-refractivity contribution in [3.8, 4) is 0 Å². The van der Waals surface area contributed by atoms with Crippen LogP contribution < -0.4 is 0 Å². The van der Waals surface area contributed by atoms with Crippen molar-refractivity contribution in [2.24, 2.45) is 0 Å². The van der Waals surface area contributed by atoms with E-state index in [4.69, 9.17) is 0 Å². The second-order valence-electron chi connectivity index (χ2n) is 5.92. The molecule has 1 atom stereocenters. The minimum Gasteiger partial charge on any atom is -0.389 e. The Kier molecular flexibility index (Phi) is 6.21. The van der Waals surface area contributed by atoms with Crippen LogP contribution in [-0.2, 0) is 4.79 Å². The third-order valence-electron chi connectivity index (χ3n) is 3.35. The predicted molar refractivity (Wildman–Crippen MR) is 82.6 cm³/mol. The highest BCUT2D eigenvalue weighted by Crippen LogP contribution is 2.24. The van der Waals surface area contributed by atoms with Crippen LogP contribution in [0.3, 0.4) is 0 Å². The third kappa shape index (κ3) is 4.97. The number of nitrogens with zero attached hydrogens (tertiary/aromatic N) is 1. The number of carbonyl (C=O) groups is 1. The van der Waals surface area contributed by atoms with E-state index in [1.807, 2.05) is 37.3 Å². The molecule has 0 aliphatic carbocycles. The molecule has 0 saturated carbocycles. The van der Waals surface area contributed by atoms with Gasteiger partial charge in [-0.25, -0.2) is 0 Å². The van der Waals surface area contributed by atoms with Crippen LogP contribution in [0.2, 0.25) is 0 Å². The SMILES string of the molecule is CCCC(C(=O)N(CC)CC(C)(C)O)c1ccccc1. The van der Waals surface area contributed by atoms with Crippen LogP contribution in [0, 0.1) is 0 Å². The highest BCUT2D eigenvalue weighted by atomic mass is 16.3. The third-order valence-corrected chi connectivity index (χ3v) is 3.35. The van der Waals surface area contributed by atoms with Gasteiger partial charge in [-0.15, -0.1) is 0 Å². The van der Waals surface area contributed by atoms with Crippen molar-refractivity contribution in [3.05, 3.63) is 35.9 Å². The van der Waals surface area contributed by atoms with Crippen LogP contribution in [0.5, 0.6) is 0 Å². The van der Waals surface area contributed by atoms with E-state index in [9.17, 15) is 9.90 Å². The number of rotatable bonds is 7. The summed E-state index contributed by atoms with van der Waals surface area (Å²) < 4.78 is 0. The Morgan fingerprint density at radius 2 is 1.85 bits per heavy atom. The Labute approximate surface area is 122 Å². The molecular weight excluding hydrogens is 250 g/mol. The van der Waals surface area contributed by atoms with E-state index in [1.165, 1.54) is 0 Å². The number of hydrogen-bond donors (Lipinski definition) is 1. The molecule has 0 saturated heterocycles. The van der Waals surface area contributed by atoms with Crippen molar-refractivity contribution >= 4 is 5.91 Å². The van der Waals surface area contributed by atoms with Crippen LogP contribution in [0.25, 0.3) is 0 Å². The summed E-state index contributed by atoms with van der Waals surface area (Å²) in [5.74, 6) is 0.00572. The van der Waals surface area contributed by atoms with Crippen LogP contribution >= 0.6 is 0 Å². The summed E-state index contributed by atoms with van der Waals surface area (Å²) >= 11 is 0. The topological polar surface area (TPSA) is 40.5 Å². The molecule has 0 heterocycles. The molecule has 20 heavy (non-hydrogen) atoms. The molecule has 3 nitrogen and oxygen atoms in total. The summed E-state index contributed by atoms with van der Waals surface area (Å²) in [6.45, 7) is 8.51. The monoisotopic (exact) mass is 277 g/mol. The maximum absolute atomic E-state index is 12.8. The summed E-state index contributed by atoms with van der Waals surface area (Å²) in [5.41, 5.74) is 0.201. The van der Waals surface area contributed by atoms with Crippen LogP contribution in [-0.4, -0.2) is 34.6 Å². The summed E-state index contributed by atoms with van der Waals surface area (Å²) in [6.07, 6.45) is 1.80. The summed E-state index contributed by atoms with van der Waals surface area (Å²) in [7, 11) is 0. The van der Waals surface area contributed by atoms with Gasteiger partial charge in [0.25, 0.3) is 0 Å². The van der Waals surface area contributed by atoms with E-state index < -0.39 is 5.60 Å². The van der Waals surface area contributed by atoms with Crippen LogP contribution in [0.1, 0.15) is 52.0 Å². The first-order valence-electron chi connectivity index (χ1n) is 7.45. The van der Waals surface area contributed by atoms with Gasteiger partial charge in [-0.3, -0.25) is 4.79 Å². The van der Waals surface area contributed by atoms with E-state index in [0.717, 1.165) is 18.4 Å². The summed E-state index contributed by atoms with van der Waals surface area (Å²) in [4.78, 5) is 14.5.